The molecule has 0 radical (unpaired) electrons. The summed E-state index contributed by atoms with van der Waals surface area (Å²) in [7, 11) is -2.94. The summed E-state index contributed by atoms with van der Waals surface area (Å²) in [6, 6.07) is 0. The number of carbonyl (C=O) groups excluding carboxylic acids is 2. The molecule has 1 aromatic rings. The molecule has 0 heterocycles. The summed E-state index contributed by atoms with van der Waals surface area (Å²) in [6.07, 6.45) is 1.64. The Kier molecular flexibility index (Phi) is 4.39. The zero-order valence-electron chi connectivity index (χ0n) is 8.05. The van der Waals surface area contributed by atoms with Gasteiger partial charge >= 0.3 is 0 Å². The predicted octanol–water partition coefficient (Wildman–Crippen LogP) is 1.99. The molecule has 0 aromatic heterocycles. The fourth-order valence-corrected chi connectivity index (χ4v) is 1.92. The molecule has 4 nitrogen and oxygen atoms in total. The van der Waals surface area contributed by atoms with Gasteiger partial charge in [-0.15, -0.1) is 0 Å². The molecule has 10 heteroatoms. The smallest absolute Gasteiger partial charge is 0.211 e. The van der Waals surface area contributed by atoms with E-state index in [9.17, 15) is 31.5 Å². The Hall–Kier alpha value is -1.94. The summed E-state index contributed by atoms with van der Waals surface area (Å²) in [6.45, 7) is 0. The van der Waals surface area contributed by atoms with Gasteiger partial charge in [-0.25, -0.2) is 31.5 Å². The van der Waals surface area contributed by atoms with Crippen molar-refractivity contribution in [3.05, 3.63) is 29.1 Å². The van der Waals surface area contributed by atoms with E-state index < -0.39 is 42.6 Å². The van der Waals surface area contributed by atoms with Gasteiger partial charge in [-0.1, -0.05) is 0 Å². The number of hydrogen-bond donors (Lipinski definition) is 0. The van der Waals surface area contributed by atoms with Crippen LogP contribution in [0.25, 0.3) is 0 Å². The van der Waals surface area contributed by atoms with Crippen molar-refractivity contribution in [3.63, 3.8) is 0 Å². The first-order valence-electron chi connectivity index (χ1n) is 3.92. The predicted molar refractivity (Wildman–Crippen MR) is 49.0 cm³/mol. The van der Waals surface area contributed by atoms with E-state index in [2.05, 4.69) is 9.53 Å². The highest BCUT2D eigenvalue weighted by atomic mass is 31.1. The topological polar surface area (TPSA) is 58.9 Å². The number of nitrogens with zero attached hydrogens (tertiary/aromatic N) is 2. The Morgan fingerprint density at radius 3 is 1.39 bits per heavy atom. The van der Waals surface area contributed by atoms with E-state index in [1.54, 1.807) is 0 Å². The summed E-state index contributed by atoms with van der Waals surface area (Å²) in [5, 5.41) is -1.46. The van der Waals surface area contributed by atoms with Gasteiger partial charge in [0.25, 0.3) is 0 Å². The van der Waals surface area contributed by atoms with E-state index in [1.165, 1.54) is 0 Å². The Labute approximate surface area is 96.7 Å². The molecule has 1 aromatic carbocycles. The van der Waals surface area contributed by atoms with E-state index in [1.807, 2.05) is 0 Å². The number of isocyanates is 2. The molecular weight excluding hydrogens is 282 g/mol. The lowest BCUT2D eigenvalue weighted by atomic mass is 10.3. The van der Waals surface area contributed by atoms with Gasteiger partial charge in [-0.3, -0.25) is 0 Å². The molecule has 0 amide bonds. The van der Waals surface area contributed by atoms with Gasteiger partial charge in [0.05, 0.1) is 5.30 Å². The maximum absolute atomic E-state index is 13.2. The molecule has 0 aliphatic heterocycles. The minimum atomic E-state index is -2.94. The molecule has 94 valence electrons. The standard InChI is InChI=1S/C8F5N2O2P/c9-3-4(10)6(12)8(7(13)5(3)11)18(14-1-16)15-2-17. The number of hydrogen-bond acceptors (Lipinski definition) is 4. The Morgan fingerprint density at radius 1 is 0.722 bits per heavy atom. The van der Waals surface area contributed by atoms with Crippen LogP contribution in [0.5, 0.6) is 0 Å². The van der Waals surface area contributed by atoms with E-state index in [4.69, 9.17) is 0 Å². The molecule has 0 atom stereocenters. The Morgan fingerprint density at radius 2 is 1.06 bits per heavy atom. The van der Waals surface area contributed by atoms with E-state index >= 15 is 0 Å². The summed E-state index contributed by atoms with van der Waals surface area (Å²) >= 11 is 0. The zero-order valence-corrected chi connectivity index (χ0v) is 8.94. The molecule has 0 bridgehead atoms. The number of halogens is 5. The third kappa shape index (κ3) is 2.33. The van der Waals surface area contributed by atoms with Gasteiger partial charge in [-0.05, 0) is 0 Å². The van der Waals surface area contributed by atoms with Crippen LogP contribution in [-0.4, -0.2) is 12.2 Å². The van der Waals surface area contributed by atoms with Crippen molar-refractivity contribution in [3.8, 4) is 0 Å². The van der Waals surface area contributed by atoms with Crippen molar-refractivity contribution in [2.75, 3.05) is 0 Å². The van der Waals surface area contributed by atoms with Crippen LogP contribution in [0, 0.1) is 29.1 Å². The largest absolute Gasteiger partial charge is 0.241 e. The zero-order chi connectivity index (χ0) is 13.9. The minimum absolute atomic E-state index is 0.818. The molecule has 0 aliphatic carbocycles. The molecular formula is C8F5N2O2P. The lowest BCUT2D eigenvalue weighted by Gasteiger charge is -2.08. The maximum Gasteiger partial charge on any atom is 0.241 e. The second kappa shape index (κ2) is 5.60. The van der Waals surface area contributed by atoms with E-state index in [-0.39, 0.29) is 0 Å². The SMILES string of the molecule is O=C=NP(N=C=O)c1c(F)c(F)c(F)c(F)c1F. The average molecular weight is 282 g/mol. The monoisotopic (exact) mass is 282 g/mol. The molecule has 0 unspecified atom stereocenters. The van der Waals surface area contributed by atoms with E-state index in [0.29, 0.717) is 0 Å². The molecule has 0 saturated heterocycles. The van der Waals surface area contributed by atoms with Gasteiger partial charge in [0, 0.05) is 0 Å². The van der Waals surface area contributed by atoms with Crippen molar-refractivity contribution in [1.82, 2.24) is 0 Å². The first-order chi connectivity index (χ1) is 8.45. The van der Waals surface area contributed by atoms with Gasteiger partial charge in [0.15, 0.2) is 23.3 Å². The van der Waals surface area contributed by atoms with Crippen molar-refractivity contribution in [1.29, 1.82) is 0 Å². The van der Waals surface area contributed by atoms with Crippen LogP contribution in [0.3, 0.4) is 0 Å². The summed E-state index contributed by atoms with van der Waals surface area (Å²) < 4.78 is 70.2. The second-order valence-electron chi connectivity index (χ2n) is 2.59. The van der Waals surface area contributed by atoms with Crippen LogP contribution in [0.15, 0.2) is 9.53 Å². The third-order valence-corrected chi connectivity index (χ3v) is 2.99. The Balaban J connectivity index is 3.67. The fourth-order valence-electron chi connectivity index (χ4n) is 0.969. The minimum Gasteiger partial charge on any atom is -0.211 e. The summed E-state index contributed by atoms with van der Waals surface area (Å²) in [5.41, 5.74) is 0. The van der Waals surface area contributed by atoms with Gasteiger partial charge in [-0.2, -0.15) is 9.53 Å². The lowest BCUT2D eigenvalue weighted by Crippen LogP contribution is -2.18. The van der Waals surface area contributed by atoms with Gasteiger partial charge in [0.1, 0.15) is 0 Å². The Bertz CT molecular complexity index is 549. The van der Waals surface area contributed by atoms with Crippen LogP contribution >= 0.6 is 8.22 Å². The first kappa shape index (κ1) is 14.1. The van der Waals surface area contributed by atoms with Crippen LogP contribution in [-0.2, 0) is 9.59 Å². The molecule has 0 spiro atoms. The molecule has 1 rings (SSSR count). The van der Waals surface area contributed by atoms with Gasteiger partial charge in [0.2, 0.25) is 26.2 Å². The maximum atomic E-state index is 13.2. The normalized spacial score (nSPS) is 11.4. The van der Waals surface area contributed by atoms with Gasteiger partial charge < -0.3 is 0 Å². The van der Waals surface area contributed by atoms with Crippen molar-refractivity contribution >= 4 is 25.7 Å². The third-order valence-electron chi connectivity index (χ3n) is 1.66. The molecule has 0 saturated carbocycles. The molecule has 0 fully saturated rings. The van der Waals surface area contributed by atoms with Crippen LogP contribution in [0.4, 0.5) is 22.0 Å². The van der Waals surface area contributed by atoms with Crippen LogP contribution < -0.4 is 5.30 Å². The highest BCUT2D eigenvalue weighted by molar-refractivity contribution is 7.63. The molecule has 18 heavy (non-hydrogen) atoms. The summed E-state index contributed by atoms with van der Waals surface area (Å²) in [5.74, 6) is -11.2. The number of benzene rings is 1. The van der Waals surface area contributed by atoms with Crippen LogP contribution in [0.2, 0.25) is 0 Å². The molecule has 0 N–H and O–H groups in total. The average Bonchev–Trinajstić information content (AvgIpc) is 2.35. The number of rotatable bonds is 3. The fraction of sp³-hybridized carbons (Fsp3) is 0. The summed E-state index contributed by atoms with van der Waals surface area (Å²) in [4.78, 5) is 19.9. The second-order valence-corrected chi connectivity index (χ2v) is 4.02. The molecule has 0 aliphatic rings. The highest BCUT2D eigenvalue weighted by Gasteiger charge is 2.31. The quantitative estimate of drug-likeness (QED) is 0.212. The van der Waals surface area contributed by atoms with Crippen molar-refractivity contribution < 1.29 is 31.5 Å². The van der Waals surface area contributed by atoms with Crippen molar-refractivity contribution in [2.24, 2.45) is 9.53 Å². The van der Waals surface area contributed by atoms with E-state index in [0.717, 1.165) is 12.2 Å². The lowest BCUT2D eigenvalue weighted by molar-refractivity contribution is 0.384. The first-order valence-corrected chi connectivity index (χ1v) is 5.17. The van der Waals surface area contributed by atoms with Crippen LogP contribution in [0.1, 0.15) is 0 Å². The van der Waals surface area contributed by atoms with Crippen molar-refractivity contribution in [2.45, 2.75) is 0 Å². The highest BCUT2D eigenvalue weighted by Crippen LogP contribution is 2.39.